The molecule has 1 aromatic carbocycles. The highest BCUT2D eigenvalue weighted by atomic mass is 15.1. The highest BCUT2D eigenvalue weighted by molar-refractivity contribution is 5.79. The molecule has 0 radical (unpaired) electrons. The summed E-state index contributed by atoms with van der Waals surface area (Å²) in [4.78, 5) is 2.35. The van der Waals surface area contributed by atoms with Gasteiger partial charge in [0.1, 0.15) is 17.7 Å². The van der Waals surface area contributed by atoms with E-state index in [2.05, 4.69) is 45.0 Å². The molecule has 0 aliphatic carbocycles. The van der Waals surface area contributed by atoms with E-state index in [0.717, 1.165) is 18.0 Å². The monoisotopic (exact) mass is 373 g/mol. The quantitative estimate of drug-likeness (QED) is 0.727. The van der Waals surface area contributed by atoms with Crippen LogP contribution in [0.2, 0.25) is 0 Å². The molecule has 3 nitrogen and oxygen atoms in total. The van der Waals surface area contributed by atoms with Crippen LogP contribution in [0.1, 0.15) is 58.9 Å². The van der Waals surface area contributed by atoms with Crippen LogP contribution in [0, 0.1) is 35.5 Å². The summed E-state index contributed by atoms with van der Waals surface area (Å²) in [7, 11) is 0. The average Bonchev–Trinajstić information content (AvgIpc) is 2.67. The SMILES string of the molecule is CCCCC(CC)CN1C=C(C)C(=c2ccc(=C(C#N)C#N)cc2C)C(C)=C1. The fourth-order valence-electron chi connectivity index (χ4n) is 3.97. The molecule has 1 heterocycles. The first-order valence-electron chi connectivity index (χ1n) is 10.2. The number of allylic oxidation sites excluding steroid dienone is 2. The number of benzene rings is 1. The number of rotatable bonds is 6. The van der Waals surface area contributed by atoms with Crippen LogP contribution < -0.4 is 10.4 Å². The van der Waals surface area contributed by atoms with E-state index in [9.17, 15) is 0 Å². The Labute approximate surface area is 169 Å². The van der Waals surface area contributed by atoms with Crippen molar-refractivity contribution in [1.29, 1.82) is 10.5 Å². The third kappa shape index (κ3) is 4.93. The molecule has 2 rings (SSSR count). The molecule has 0 aromatic heterocycles. The molecule has 1 aliphatic rings. The number of hydrogen-bond donors (Lipinski definition) is 0. The standard InChI is InChI=1S/C25H31N3/c1-6-8-9-21(7-2)17-28-15-19(4)25(20(5)16-28)24-11-10-22(12-18(24)3)23(13-26)14-27/h10-12,15-16,21H,6-9,17H2,1-5H3. The lowest BCUT2D eigenvalue weighted by atomic mass is 9.93. The van der Waals surface area contributed by atoms with Crippen molar-refractivity contribution in [2.75, 3.05) is 6.54 Å². The van der Waals surface area contributed by atoms with Crippen LogP contribution in [0.5, 0.6) is 0 Å². The summed E-state index contributed by atoms with van der Waals surface area (Å²) in [6.07, 6.45) is 9.56. The molecule has 1 atom stereocenters. The zero-order valence-corrected chi connectivity index (χ0v) is 17.8. The van der Waals surface area contributed by atoms with Crippen LogP contribution in [0.3, 0.4) is 0 Å². The second-order valence-electron chi connectivity index (χ2n) is 7.74. The van der Waals surface area contributed by atoms with Gasteiger partial charge in [-0.05, 0) is 66.7 Å². The summed E-state index contributed by atoms with van der Waals surface area (Å²) in [5.41, 5.74) is 5.00. The molecule has 0 saturated heterocycles. The molecular formula is C25H31N3. The van der Waals surface area contributed by atoms with E-state index in [1.807, 2.05) is 37.3 Å². The maximum absolute atomic E-state index is 9.11. The van der Waals surface area contributed by atoms with Gasteiger partial charge >= 0.3 is 0 Å². The predicted octanol–water partition coefficient (Wildman–Crippen LogP) is 4.68. The fourth-order valence-corrected chi connectivity index (χ4v) is 3.97. The Morgan fingerprint density at radius 1 is 1.04 bits per heavy atom. The summed E-state index contributed by atoms with van der Waals surface area (Å²) in [6.45, 7) is 12.0. The summed E-state index contributed by atoms with van der Waals surface area (Å²) < 4.78 is 0. The Kier molecular flexibility index (Phi) is 7.65. The van der Waals surface area contributed by atoms with Gasteiger partial charge in [-0.3, -0.25) is 0 Å². The van der Waals surface area contributed by atoms with Gasteiger partial charge in [-0.15, -0.1) is 0 Å². The second-order valence-corrected chi connectivity index (χ2v) is 7.74. The van der Waals surface area contributed by atoms with Crippen molar-refractivity contribution in [3.05, 3.63) is 57.7 Å². The van der Waals surface area contributed by atoms with Crippen LogP contribution in [0.25, 0.3) is 11.1 Å². The molecule has 0 amide bonds. The molecule has 1 unspecified atom stereocenters. The van der Waals surface area contributed by atoms with Gasteiger partial charge in [0.2, 0.25) is 0 Å². The second kappa shape index (κ2) is 9.95. The van der Waals surface area contributed by atoms with E-state index in [1.54, 1.807) is 0 Å². The van der Waals surface area contributed by atoms with Gasteiger partial charge in [-0.1, -0.05) is 45.2 Å². The Morgan fingerprint density at radius 3 is 2.18 bits per heavy atom. The Morgan fingerprint density at radius 2 is 1.68 bits per heavy atom. The van der Waals surface area contributed by atoms with Crippen LogP contribution in [0.4, 0.5) is 0 Å². The summed E-state index contributed by atoms with van der Waals surface area (Å²) in [5, 5.41) is 20.1. The lowest BCUT2D eigenvalue weighted by molar-refractivity contribution is 0.344. The lowest BCUT2D eigenvalue weighted by Gasteiger charge is -2.28. The molecule has 0 saturated carbocycles. The first kappa shape index (κ1) is 21.5. The number of nitrogens with zero attached hydrogens (tertiary/aromatic N) is 3. The number of aryl methyl sites for hydroxylation is 1. The molecule has 0 bridgehead atoms. The van der Waals surface area contributed by atoms with Gasteiger partial charge in [-0.25, -0.2) is 0 Å². The summed E-state index contributed by atoms with van der Waals surface area (Å²) >= 11 is 0. The fraction of sp³-hybridized carbons (Fsp3) is 0.440. The number of nitriles is 2. The predicted molar refractivity (Wildman–Crippen MR) is 116 cm³/mol. The molecule has 1 aliphatic heterocycles. The van der Waals surface area contributed by atoms with E-state index < -0.39 is 0 Å². The molecule has 1 aromatic rings. The van der Waals surface area contributed by atoms with Gasteiger partial charge < -0.3 is 4.90 Å². The van der Waals surface area contributed by atoms with Crippen molar-refractivity contribution in [1.82, 2.24) is 4.90 Å². The van der Waals surface area contributed by atoms with Crippen molar-refractivity contribution < 1.29 is 0 Å². The van der Waals surface area contributed by atoms with E-state index in [4.69, 9.17) is 10.5 Å². The summed E-state index contributed by atoms with van der Waals surface area (Å²) in [5.74, 6) is 0.724. The maximum atomic E-state index is 9.11. The largest absolute Gasteiger partial charge is 0.353 e. The van der Waals surface area contributed by atoms with Gasteiger partial charge in [0.05, 0.1) is 0 Å². The van der Waals surface area contributed by atoms with Crippen LogP contribution in [0.15, 0.2) is 41.7 Å². The smallest absolute Gasteiger partial charge is 0.136 e. The topological polar surface area (TPSA) is 50.8 Å². The number of unbranched alkanes of at least 4 members (excludes halogenated alkanes) is 1. The Balaban J connectivity index is 2.42. The molecule has 0 N–H and O–H groups in total. The Hall–Kier alpha value is -2.78. The van der Waals surface area contributed by atoms with Crippen molar-refractivity contribution in [3.8, 4) is 12.1 Å². The highest BCUT2D eigenvalue weighted by Crippen LogP contribution is 2.27. The lowest BCUT2D eigenvalue weighted by Crippen LogP contribution is -2.25. The zero-order valence-electron chi connectivity index (χ0n) is 17.8. The van der Waals surface area contributed by atoms with Crippen LogP contribution >= 0.6 is 0 Å². The minimum Gasteiger partial charge on any atom is -0.353 e. The molecule has 0 spiro atoms. The zero-order chi connectivity index (χ0) is 20.7. The van der Waals surface area contributed by atoms with E-state index in [0.29, 0.717) is 5.22 Å². The number of hydrogen-bond acceptors (Lipinski definition) is 3. The van der Waals surface area contributed by atoms with Gasteiger partial charge in [0, 0.05) is 24.2 Å². The van der Waals surface area contributed by atoms with Crippen LogP contribution in [-0.4, -0.2) is 11.4 Å². The summed E-state index contributed by atoms with van der Waals surface area (Å²) in [6, 6.07) is 9.80. The minimum atomic E-state index is 0.159. The minimum absolute atomic E-state index is 0.159. The van der Waals surface area contributed by atoms with Crippen molar-refractivity contribution in [2.45, 2.75) is 60.3 Å². The third-order valence-electron chi connectivity index (χ3n) is 5.53. The molecule has 28 heavy (non-hydrogen) atoms. The van der Waals surface area contributed by atoms with E-state index in [-0.39, 0.29) is 5.57 Å². The van der Waals surface area contributed by atoms with E-state index in [1.165, 1.54) is 47.6 Å². The maximum Gasteiger partial charge on any atom is 0.136 e. The highest BCUT2D eigenvalue weighted by Gasteiger charge is 2.16. The third-order valence-corrected chi connectivity index (χ3v) is 5.53. The molecule has 146 valence electrons. The molecule has 3 heteroatoms. The normalized spacial score (nSPS) is 14.7. The molecule has 0 fully saturated rings. The van der Waals surface area contributed by atoms with Gasteiger partial charge in [0.15, 0.2) is 0 Å². The van der Waals surface area contributed by atoms with Crippen molar-refractivity contribution in [2.24, 2.45) is 5.92 Å². The first-order valence-corrected chi connectivity index (χ1v) is 10.2. The van der Waals surface area contributed by atoms with Crippen molar-refractivity contribution in [3.63, 3.8) is 0 Å². The van der Waals surface area contributed by atoms with E-state index >= 15 is 0 Å². The van der Waals surface area contributed by atoms with Crippen molar-refractivity contribution >= 4 is 11.1 Å². The Bertz CT molecular complexity index is 942. The van der Waals surface area contributed by atoms with Gasteiger partial charge in [0.25, 0.3) is 0 Å². The van der Waals surface area contributed by atoms with Crippen LogP contribution in [-0.2, 0) is 0 Å². The molecular weight excluding hydrogens is 342 g/mol. The first-order chi connectivity index (χ1) is 13.4. The van der Waals surface area contributed by atoms with Gasteiger partial charge in [-0.2, -0.15) is 10.5 Å². The average molecular weight is 374 g/mol.